The molecule has 0 amide bonds. The fourth-order valence-electron chi connectivity index (χ4n) is 1.40. The van der Waals surface area contributed by atoms with Crippen molar-refractivity contribution in [2.75, 3.05) is 7.11 Å². The summed E-state index contributed by atoms with van der Waals surface area (Å²) in [6.45, 7) is 10.3. The molecule has 0 aliphatic carbocycles. The molecule has 0 aromatic heterocycles. The van der Waals surface area contributed by atoms with Crippen LogP contribution in [0.3, 0.4) is 0 Å². The average Bonchev–Trinajstić information content (AvgIpc) is 2.35. The van der Waals surface area contributed by atoms with Crippen LogP contribution in [-0.2, 0) is 15.7 Å². The number of rotatable bonds is 4. The molecule has 1 unspecified atom stereocenters. The van der Waals surface area contributed by atoms with E-state index < -0.39 is 31.0 Å². The van der Waals surface area contributed by atoms with Crippen molar-refractivity contribution in [1.82, 2.24) is 4.39 Å². The minimum Gasteiger partial charge on any atom is -0.465 e. The third-order valence-electron chi connectivity index (χ3n) is 3.79. The second kappa shape index (κ2) is 6.37. The predicted molar refractivity (Wildman–Crippen MR) is 84.5 cm³/mol. The van der Waals surface area contributed by atoms with E-state index in [1.807, 2.05) is 13.1 Å². The van der Waals surface area contributed by atoms with Crippen molar-refractivity contribution in [3.63, 3.8) is 0 Å². The van der Waals surface area contributed by atoms with Gasteiger partial charge in [0.1, 0.15) is 11.4 Å². The molecule has 1 aromatic carbocycles. The number of carbonyl (C=O) groups excluding carboxylic acids is 1. The molecule has 1 rings (SSSR count). The van der Waals surface area contributed by atoms with Gasteiger partial charge < -0.3 is 9.12 Å². The highest BCUT2D eigenvalue weighted by molar-refractivity contribution is 7.84. The number of carbonyl (C=O) groups is 1. The van der Waals surface area contributed by atoms with E-state index in [2.05, 4.69) is 29.9 Å². The van der Waals surface area contributed by atoms with Gasteiger partial charge in [-0.2, -0.15) is 13.1 Å². The summed E-state index contributed by atoms with van der Waals surface area (Å²) in [6, 6.07) is 4.06. The van der Waals surface area contributed by atoms with Crippen molar-refractivity contribution >= 4 is 25.2 Å². The highest BCUT2D eigenvalue weighted by Gasteiger charge is 2.28. The van der Waals surface area contributed by atoms with Crippen molar-refractivity contribution in [3.8, 4) is 0 Å². The first-order valence-corrected chi connectivity index (χ1v) is 10.7. The zero-order chi connectivity index (χ0) is 16.4. The summed E-state index contributed by atoms with van der Waals surface area (Å²) in [5.74, 6) is -1.56. The van der Waals surface area contributed by atoms with Gasteiger partial charge in [-0.25, -0.2) is 13.4 Å². The second-order valence-electron chi connectivity index (χ2n) is 6.35. The Labute approximate surface area is 128 Å². The van der Waals surface area contributed by atoms with Crippen LogP contribution in [0.25, 0.3) is 0 Å². The maximum absolute atomic E-state index is 13.9. The Morgan fingerprint density at radius 2 is 1.90 bits per heavy atom. The molecule has 0 aliphatic rings. The van der Waals surface area contributed by atoms with Crippen molar-refractivity contribution in [1.29, 1.82) is 0 Å². The first-order valence-electron chi connectivity index (χ1n) is 6.57. The molecule has 119 valence electrons. The first kappa shape index (κ1) is 18.0. The Hall–Kier alpha value is -1.05. The van der Waals surface area contributed by atoms with Crippen molar-refractivity contribution in [2.24, 2.45) is 0 Å². The number of nitrogens with one attached hydrogen (secondary N) is 1. The fraction of sp³-hybridized carbons (Fsp3) is 0.500. The Bertz CT molecular complexity index is 570. The van der Waals surface area contributed by atoms with Crippen molar-refractivity contribution in [2.45, 2.75) is 43.8 Å². The highest BCUT2D eigenvalue weighted by Crippen LogP contribution is 2.34. The predicted octanol–water partition coefficient (Wildman–Crippen LogP) is 3.23. The molecule has 0 saturated carbocycles. The molecule has 21 heavy (non-hydrogen) atoms. The maximum atomic E-state index is 13.9. The normalized spacial score (nSPS) is 13.9. The lowest BCUT2D eigenvalue weighted by molar-refractivity contribution is 0.0591. The monoisotopic (exact) mass is 331 g/mol. The lowest BCUT2D eigenvalue weighted by Crippen LogP contribution is -2.52. The van der Waals surface area contributed by atoms with Gasteiger partial charge in [0, 0.05) is 0 Å². The van der Waals surface area contributed by atoms with Gasteiger partial charge in [0.05, 0.1) is 23.0 Å². The first-order chi connectivity index (χ1) is 9.51. The Balaban J connectivity index is 3.21. The van der Waals surface area contributed by atoms with E-state index in [9.17, 15) is 13.4 Å². The SMILES string of the molecule is COC(=O)c1c(F)cccc1S(=O)N[Si-](C)(C)C(C)(C)C. The van der Waals surface area contributed by atoms with E-state index >= 15 is 0 Å². The number of hydrogen-bond donors (Lipinski definition) is 1. The summed E-state index contributed by atoms with van der Waals surface area (Å²) in [7, 11) is -2.56. The van der Waals surface area contributed by atoms with Gasteiger partial charge in [0.2, 0.25) is 0 Å². The Morgan fingerprint density at radius 3 is 2.38 bits per heavy atom. The summed E-state index contributed by atoms with van der Waals surface area (Å²) in [4.78, 5) is 11.8. The van der Waals surface area contributed by atoms with Gasteiger partial charge in [-0.05, 0) is 12.1 Å². The molecular formula is C14H22FNO3SSi-. The summed E-state index contributed by atoms with van der Waals surface area (Å²) in [6.07, 6.45) is 0. The molecule has 0 fully saturated rings. The zero-order valence-electron chi connectivity index (χ0n) is 13.2. The molecule has 1 aromatic rings. The molecule has 7 heteroatoms. The van der Waals surface area contributed by atoms with Crippen LogP contribution in [-0.4, -0.2) is 25.5 Å². The van der Waals surface area contributed by atoms with E-state index in [-0.39, 0.29) is 15.5 Å². The quantitative estimate of drug-likeness (QED) is 0.681. The summed E-state index contributed by atoms with van der Waals surface area (Å²) >= 11 is 0. The van der Waals surface area contributed by atoms with Gasteiger partial charge in [-0.3, -0.25) is 0 Å². The molecular weight excluding hydrogens is 309 g/mol. The van der Waals surface area contributed by atoms with Gasteiger partial charge in [0.15, 0.2) is 0 Å². The van der Waals surface area contributed by atoms with Gasteiger partial charge in [0.25, 0.3) is 0 Å². The van der Waals surface area contributed by atoms with Crippen LogP contribution in [0.4, 0.5) is 4.39 Å². The van der Waals surface area contributed by atoms with Crippen molar-refractivity contribution < 1.29 is 18.1 Å². The van der Waals surface area contributed by atoms with Crippen LogP contribution >= 0.6 is 0 Å². The molecule has 0 radical (unpaired) electrons. The van der Waals surface area contributed by atoms with E-state index in [0.717, 1.165) is 6.07 Å². The molecule has 0 spiro atoms. The lowest BCUT2D eigenvalue weighted by Gasteiger charge is -2.48. The summed E-state index contributed by atoms with van der Waals surface area (Å²) in [5.41, 5.74) is -0.274. The lowest BCUT2D eigenvalue weighted by atomic mass is 10.2. The number of halogens is 1. The minimum absolute atomic E-state index is 0.0403. The fourth-order valence-corrected chi connectivity index (χ4v) is 5.49. The van der Waals surface area contributed by atoms with Crippen LogP contribution in [0.15, 0.2) is 23.1 Å². The Kier molecular flexibility index (Phi) is 5.46. The number of esters is 1. The largest absolute Gasteiger partial charge is 0.465 e. The number of hydrogen-bond acceptors (Lipinski definition) is 3. The molecule has 4 nitrogen and oxygen atoms in total. The van der Waals surface area contributed by atoms with Gasteiger partial charge in [-0.15, -0.1) is 5.04 Å². The van der Waals surface area contributed by atoms with Crippen LogP contribution in [0.2, 0.25) is 18.1 Å². The highest BCUT2D eigenvalue weighted by atomic mass is 32.2. The number of ether oxygens (including phenoxy) is 1. The molecule has 0 heterocycles. The molecule has 0 saturated heterocycles. The summed E-state index contributed by atoms with van der Waals surface area (Å²) in [5, 5.41) is -0.0403. The standard InChI is InChI=1S/C14H22FNO3SSi/c1-14(2,3)21(5,6)16-20(18)11-9-7-8-10(15)12(11)13(17)19-4/h7-9,16H,1-6H3/q-1. The molecule has 0 aliphatic heterocycles. The van der Waals surface area contributed by atoms with Crippen LogP contribution in [0, 0.1) is 5.82 Å². The molecule has 0 bridgehead atoms. The van der Waals surface area contributed by atoms with E-state index in [4.69, 9.17) is 0 Å². The number of methoxy groups -OCH3 is 1. The third kappa shape index (κ3) is 3.99. The topological polar surface area (TPSA) is 55.4 Å². The molecule has 1 atom stereocenters. The minimum atomic E-state index is -2.06. The maximum Gasteiger partial charge on any atom is 0.342 e. The van der Waals surface area contributed by atoms with Crippen LogP contribution in [0.5, 0.6) is 0 Å². The van der Waals surface area contributed by atoms with E-state index in [0.29, 0.717) is 0 Å². The summed E-state index contributed by atoms with van der Waals surface area (Å²) < 4.78 is 34.1. The Morgan fingerprint density at radius 1 is 1.33 bits per heavy atom. The zero-order valence-corrected chi connectivity index (χ0v) is 15.1. The van der Waals surface area contributed by atoms with Crippen LogP contribution < -0.4 is 4.39 Å². The van der Waals surface area contributed by atoms with E-state index in [1.54, 1.807) is 0 Å². The second-order valence-corrected chi connectivity index (χ2v) is 12.9. The third-order valence-corrected chi connectivity index (χ3v) is 11.1. The average molecular weight is 331 g/mol. The smallest absolute Gasteiger partial charge is 0.342 e. The van der Waals surface area contributed by atoms with Gasteiger partial charge in [-0.1, -0.05) is 35.1 Å². The number of benzene rings is 1. The van der Waals surface area contributed by atoms with Crippen LogP contribution in [0.1, 0.15) is 31.1 Å². The molecule has 1 N–H and O–H groups in total. The van der Waals surface area contributed by atoms with E-state index in [1.165, 1.54) is 19.2 Å². The van der Waals surface area contributed by atoms with Crippen molar-refractivity contribution in [3.05, 3.63) is 29.6 Å². The van der Waals surface area contributed by atoms with Gasteiger partial charge >= 0.3 is 5.97 Å².